The van der Waals surface area contributed by atoms with Crippen LogP contribution in [0.5, 0.6) is 5.75 Å². The summed E-state index contributed by atoms with van der Waals surface area (Å²) < 4.78 is 32.5. The lowest BCUT2D eigenvalue weighted by atomic mass is 10.2. The highest BCUT2D eigenvalue weighted by molar-refractivity contribution is 7.89. The standard InChI is InChI=1S/C23H23N3O4S/c1-30-21-14-12-19(13-15-21)16-24-25-23(27)18-26(17-20-8-4-2-5-9-20)31(28,29)22-10-6-3-7-11-22/h2-16H,17-18H2,1H3,(H,25,27)/b24-16+. The minimum Gasteiger partial charge on any atom is -0.497 e. The molecule has 0 aliphatic carbocycles. The smallest absolute Gasteiger partial charge is 0.255 e. The van der Waals surface area contributed by atoms with E-state index in [4.69, 9.17) is 4.74 Å². The van der Waals surface area contributed by atoms with Crippen LogP contribution in [0.15, 0.2) is 94.9 Å². The molecule has 3 aromatic rings. The Balaban J connectivity index is 1.72. The van der Waals surface area contributed by atoms with Gasteiger partial charge in [0.05, 0.1) is 24.8 Å². The number of hydrogen-bond donors (Lipinski definition) is 1. The average Bonchev–Trinajstić information content (AvgIpc) is 2.80. The van der Waals surface area contributed by atoms with Crippen molar-refractivity contribution in [1.29, 1.82) is 0 Å². The van der Waals surface area contributed by atoms with Crippen LogP contribution in [0.3, 0.4) is 0 Å². The highest BCUT2D eigenvalue weighted by Gasteiger charge is 2.26. The molecule has 0 saturated heterocycles. The van der Waals surface area contributed by atoms with Crippen LogP contribution >= 0.6 is 0 Å². The van der Waals surface area contributed by atoms with E-state index in [2.05, 4.69) is 10.5 Å². The molecule has 8 heteroatoms. The number of rotatable bonds is 9. The second-order valence-corrected chi connectivity index (χ2v) is 8.58. The van der Waals surface area contributed by atoms with Crippen molar-refractivity contribution in [2.75, 3.05) is 13.7 Å². The normalized spacial score (nSPS) is 11.5. The molecule has 0 radical (unpaired) electrons. The molecule has 160 valence electrons. The van der Waals surface area contributed by atoms with Crippen molar-refractivity contribution in [2.45, 2.75) is 11.4 Å². The number of hydrogen-bond acceptors (Lipinski definition) is 5. The number of hydrazone groups is 1. The van der Waals surface area contributed by atoms with Gasteiger partial charge in [-0.05, 0) is 47.5 Å². The summed E-state index contributed by atoms with van der Waals surface area (Å²) in [6, 6.07) is 24.3. The van der Waals surface area contributed by atoms with Crippen molar-refractivity contribution < 1.29 is 17.9 Å². The maximum atomic E-state index is 13.1. The Morgan fingerprint density at radius 2 is 1.58 bits per heavy atom. The van der Waals surface area contributed by atoms with Gasteiger partial charge in [-0.3, -0.25) is 4.79 Å². The monoisotopic (exact) mass is 437 g/mol. The van der Waals surface area contributed by atoms with Gasteiger partial charge in [-0.2, -0.15) is 9.41 Å². The number of nitrogens with one attached hydrogen (secondary N) is 1. The lowest BCUT2D eigenvalue weighted by Gasteiger charge is -2.21. The maximum absolute atomic E-state index is 13.1. The van der Waals surface area contributed by atoms with Crippen molar-refractivity contribution in [1.82, 2.24) is 9.73 Å². The van der Waals surface area contributed by atoms with Gasteiger partial charge in [0, 0.05) is 6.54 Å². The van der Waals surface area contributed by atoms with Gasteiger partial charge in [-0.25, -0.2) is 13.8 Å². The van der Waals surface area contributed by atoms with E-state index in [1.165, 1.54) is 18.3 Å². The van der Waals surface area contributed by atoms with Gasteiger partial charge in [0.25, 0.3) is 5.91 Å². The van der Waals surface area contributed by atoms with Crippen LogP contribution in [0.25, 0.3) is 0 Å². The van der Waals surface area contributed by atoms with E-state index in [9.17, 15) is 13.2 Å². The molecule has 1 N–H and O–H groups in total. The second kappa shape index (κ2) is 10.5. The number of benzene rings is 3. The minimum atomic E-state index is -3.87. The van der Waals surface area contributed by atoms with Crippen LogP contribution in [0.4, 0.5) is 0 Å². The molecule has 0 fully saturated rings. The van der Waals surface area contributed by atoms with Gasteiger partial charge in [0.15, 0.2) is 0 Å². The Bertz CT molecular complexity index is 1120. The van der Waals surface area contributed by atoms with Gasteiger partial charge in [0.1, 0.15) is 5.75 Å². The molecule has 31 heavy (non-hydrogen) atoms. The van der Waals surface area contributed by atoms with E-state index in [0.717, 1.165) is 15.4 Å². The van der Waals surface area contributed by atoms with Crippen LogP contribution < -0.4 is 10.2 Å². The van der Waals surface area contributed by atoms with Crippen LogP contribution in [-0.2, 0) is 21.4 Å². The molecule has 0 bridgehead atoms. The highest BCUT2D eigenvalue weighted by atomic mass is 32.2. The van der Waals surface area contributed by atoms with Gasteiger partial charge in [-0.1, -0.05) is 48.5 Å². The van der Waals surface area contributed by atoms with Crippen LogP contribution in [0.1, 0.15) is 11.1 Å². The first-order chi connectivity index (χ1) is 15.0. The Morgan fingerprint density at radius 1 is 0.968 bits per heavy atom. The fourth-order valence-electron chi connectivity index (χ4n) is 2.82. The fourth-order valence-corrected chi connectivity index (χ4v) is 4.22. The zero-order chi connectivity index (χ0) is 22.1. The van der Waals surface area contributed by atoms with Gasteiger partial charge in [-0.15, -0.1) is 0 Å². The number of carbonyl (C=O) groups excluding carboxylic acids is 1. The summed E-state index contributed by atoms with van der Waals surface area (Å²) in [7, 11) is -2.30. The molecule has 0 atom stereocenters. The summed E-state index contributed by atoms with van der Waals surface area (Å²) in [4.78, 5) is 12.6. The first-order valence-electron chi connectivity index (χ1n) is 9.54. The molecule has 0 aliphatic rings. The van der Waals surface area contributed by atoms with Crippen molar-refractivity contribution in [3.63, 3.8) is 0 Å². The number of amides is 1. The van der Waals surface area contributed by atoms with Crippen molar-refractivity contribution in [3.8, 4) is 5.75 Å². The lowest BCUT2D eigenvalue weighted by molar-refractivity contribution is -0.121. The number of ether oxygens (including phenoxy) is 1. The Labute approximate surface area is 182 Å². The lowest BCUT2D eigenvalue weighted by Crippen LogP contribution is -2.39. The van der Waals surface area contributed by atoms with Crippen LogP contribution in [0, 0.1) is 0 Å². The molecule has 0 aliphatic heterocycles. The Hall–Kier alpha value is -3.49. The molecule has 0 saturated carbocycles. The van der Waals surface area contributed by atoms with E-state index in [1.54, 1.807) is 49.6 Å². The summed E-state index contributed by atoms with van der Waals surface area (Å²) in [5.41, 5.74) is 3.93. The van der Waals surface area contributed by atoms with Crippen molar-refractivity contribution >= 4 is 22.1 Å². The minimum absolute atomic E-state index is 0.0632. The third-order valence-electron chi connectivity index (χ3n) is 4.42. The number of nitrogens with zero attached hydrogens (tertiary/aromatic N) is 2. The SMILES string of the molecule is COc1ccc(/C=N/NC(=O)CN(Cc2ccccc2)S(=O)(=O)c2ccccc2)cc1. The predicted molar refractivity (Wildman–Crippen MR) is 119 cm³/mol. The first kappa shape index (κ1) is 22.2. The van der Waals surface area contributed by atoms with E-state index in [0.29, 0.717) is 5.75 Å². The molecule has 3 aromatic carbocycles. The summed E-state index contributed by atoms with van der Waals surface area (Å²) in [6.07, 6.45) is 1.48. The highest BCUT2D eigenvalue weighted by Crippen LogP contribution is 2.18. The molecule has 0 spiro atoms. The van der Waals surface area contributed by atoms with Crippen LogP contribution in [0.2, 0.25) is 0 Å². The van der Waals surface area contributed by atoms with Gasteiger partial charge >= 0.3 is 0 Å². The predicted octanol–water partition coefficient (Wildman–Crippen LogP) is 3.04. The quantitative estimate of drug-likeness (QED) is 0.412. The largest absolute Gasteiger partial charge is 0.497 e. The molecule has 0 heterocycles. The van der Waals surface area contributed by atoms with Gasteiger partial charge < -0.3 is 4.74 Å². The summed E-state index contributed by atoms with van der Waals surface area (Å²) >= 11 is 0. The number of methoxy groups -OCH3 is 1. The Morgan fingerprint density at radius 3 is 2.19 bits per heavy atom. The number of carbonyl (C=O) groups is 1. The Kier molecular flexibility index (Phi) is 7.53. The van der Waals surface area contributed by atoms with Crippen LogP contribution in [-0.4, -0.2) is 38.5 Å². The van der Waals surface area contributed by atoms with Gasteiger partial charge in [0.2, 0.25) is 10.0 Å². The third-order valence-corrected chi connectivity index (χ3v) is 6.23. The van der Waals surface area contributed by atoms with Crippen molar-refractivity contribution in [2.24, 2.45) is 5.10 Å². The zero-order valence-corrected chi connectivity index (χ0v) is 17.8. The average molecular weight is 438 g/mol. The first-order valence-corrected chi connectivity index (χ1v) is 11.0. The molecule has 3 rings (SSSR count). The molecular weight excluding hydrogens is 414 g/mol. The maximum Gasteiger partial charge on any atom is 0.255 e. The van der Waals surface area contributed by atoms with Crippen molar-refractivity contribution in [3.05, 3.63) is 96.1 Å². The van der Waals surface area contributed by atoms with E-state index >= 15 is 0 Å². The second-order valence-electron chi connectivity index (χ2n) is 6.64. The summed E-state index contributed by atoms with van der Waals surface area (Å²) in [5.74, 6) is 0.170. The third kappa shape index (κ3) is 6.24. The van der Waals surface area contributed by atoms with E-state index < -0.39 is 15.9 Å². The molecule has 0 unspecified atom stereocenters. The van der Waals surface area contributed by atoms with E-state index in [-0.39, 0.29) is 18.0 Å². The zero-order valence-electron chi connectivity index (χ0n) is 17.0. The summed E-state index contributed by atoms with van der Waals surface area (Å²) in [5, 5.41) is 3.93. The topological polar surface area (TPSA) is 88.1 Å². The summed E-state index contributed by atoms with van der Waals surface area (Å²) in [6.45, 7) is -0.306. The fraction of sp³-hybridized carbons (Fsp3) is 0.130. The number of sulfonamides is 1. The molecule has 1 amide bonds. The molecule has 0 aromatic heterocycles. The molecular formula is C23H23N3O4S. The molecule has 7 nitrogen and oxygen atoms in total. The van der Waals surface area contributed by atoms with E-state index in [1.807, 2.05) is 30.3 Å².